The first-order valence-electron chi connectivity index (χ1n) is 12.9. The molecule has 174 valence electrons. The molecule has 0 N–H and O–H groups in total. The lowest BCUT2D eigenvalue weighted by molar-refractivity contribution is 1.63. The Kier molecular flexibility index (Phi) is 4.62. The van der Waals surface area contributed by atoms with Crippen molar-refractivity contribution in [2.45, 2.75) is 0 Å². The van der Waals surface area contributed by atoms with Crippen LogP contribution in [0.25, 0.3) is 76.8 Å². The molecule has 0 saturated carbocycles. The molecule has 2 radical (unpaired) electrons. The number of fused-ring (bicyclic) bond motifs is 5. The van der Waals surface area contributed by atoms with Gasteiger partial charge in [-0.15, -0.1) is 0 Å². The summed E-state index contributed by atoms with van der Waals surface area (Å²) in [6.07, 6.45) is 0. The molecule has 2 heteroatoms. The molecule has 0 aromatic heterocycles. The summed E-state index contributed by atoms with van der Waals surface area (Å²) in [4.78, 5) is 0. The van der Waals surface area contributed by atoms with Crippen LogP contribution in [-0.4, -0.2) is 7.85 Å². The highest BCUT2D eigenvalue weighted by molar-refractivity contribution is 6.42. The maximum Gasteiger partial charge on any atom is 0.114 e. The lowest BCUT2D eigenvalue weighted by Crippen LogP contribution is -2.02. The van der Waals surface area contributed by atoms with Gasteiger partial charge in [0.2, 0.25) is 0 Å². The molecule has 0 aliphatic heterocycles. The summed E-state index contributed by atoms with van der Waals surface area (Å²) < 4.78 is 0. The van der Waals surface area contributed by atoms with Gasteiger partial charge in [0.15, 0.2) is 0 Å². The highest BCUT2D eigenvalue weighted by Crippen LogP contribution is 2.58. The normalized spacial score (nSPS) is 11.9. The highest BCUT2D eigenvalue weighted by atomic mass is 35.5. The van der Waals surface area contributed by atoms with Crippen LogP contribution in [0.15, 0.2) is 121 Å². The van der Waals surface area contributed by atoms with Crippen molar-refractivity contribution in [3.8, 4) is 44.5 Å². The predicted octanol–water partition coefficient (Wildman–Crippen LogP) is 9.57. The third-order valence-corrected chi connectivity index (χ3v) is 8.32. The molecule has 0 atom stereocenters. The topological polar surface area (TPSA) is 0 Å². The Morgan fingerprint density at radius 1 is 0.447 bits per heavy atom. The van der Waals surface area contributed by atoms with Crippen molar-refractivity contribution in [1.82, 2.24) is 0 Å². The monoisotopic (exact) mass is 498 g/mol. The smallest absolute Gasteiger partial charge is 0.0889 e. The van der Waals surface area contributed by atoms with E-state index in [-0.39, 0.29) is 0 Å². The zero-order valence-corrected chi connectivity index (χ0v) is 21.3. The molecule has 0 saturated heterocycles. The summed E-state index contributed by atoms with van der Waals surface area (Å²) in [5.41, 5.74) is 10.4. The van der Waals surface area contributed by atoms with Crippen molar-refractivity contribution in [1.29, 1.82) is 0 Å². The Morgan fingerprint density at radius 2 is 1.05 bits per heavy atom. The van der Waals surface area contributed by atoms with Crippen LogP contribution in [0.3, 0.4) is 0 Å². The molecule has 0 nitrogen and oxygen atoms in total. The Labute approximate surface area is 227 Å². The fourth-order valence-corrected chi connectivity index (χ4v) is 6.64. The van der Waals surface area contributed by atoms with Gasteiger partial charge in [-0.2, -0.15) is 0 Å². The van der Waals surface area contributed by atoms with Gasteiger partial charge in [0.25, 0.3) is 0 Å². The predicted molar refractivity (Wildman–Crippen MR) is 165 cm³/mol. The number of hydrogen-bond acceptors (Lipinski definition) is 0. The van der Waals surface area contributed by atoms with Crippen molar-refractivity contribution in [2.24, 2.45) is 0 Å². The largest absolute Gasteiger partial charge is 0.114 e. The summed E-state index contributed by atoms with van der Waals surface area (Å²) in [7, 11) is 6.53. The van der Waals surface area contributed by atoms with Gasteiger partial charge in [0, 0.05) is 10.6 Å². The third-order valence-electron chi connectivity index (χ3n) is 7.99. The Hall–Kier alpha value is -4.33. The Bertz CT molecular complexity index is 2090. The van der Waals surface area contributed by atoms with Crippen LogP contribution in [0.2, 0.25) is 5.02 Å². The fraction of sp³-hybridized carbons (Fsp3) is 0. The van der Waals surface area contributed by atoms with Crippen molar-refractivity contribution in [3.63, 3.8) is 0 Å². The SMILES string of the molecule is [B]c1ccc2c3c(cccc13)-c1c-2c(-c2ccccc2Cl)c2cc3ccccc3cc2c1-c1ccccc1. The van der Waals surface area contributed by atoms with Crippen molar-refractivity contribution in [3.05, 3.63) is 126 Å². The molecule has 1 aliphatic rings. The number of halogens is 1. The molecule has 0 spiro atoms. The molecule has 0 bridgehead atoms. The van der Waals surface area contributed by atoms with E-state index >= 15 is 0 Å². The zero-order valence-electron chi connectivity index (χ0n) is 20.5. The number of hydrogen-bond donors (Lipinski definition) is 0. The van der Waals surface area contributed by atoms with Gasteiger partial charge in [0.05, 0.1) is 0 Å². The van der Waals surface area contributed by atoms with Crippen LogP contribution in [0, 0.1) is 0 Å². The molecule has 7 aromatic rings. The van der Waals surface area contributed by atoms with Crippen LogP contribution in [0.4, 0.5) is 0 Å². The van der Waals surface area contributed by atoms with Gasteiger partial charge in [-0.3, -0.25) is 0 Å². The van der Waals surface area contributed by atoms with Crippen molar-refractivity contribution < 1.29 is 0 Å². The van der Waals surface area contributed by atoms with E-state index < -0.39 is 0 Å². The number of benzene rings is 7. The minimum Gasteiger partial charge on any atom is -0.0889 e. The summed E-state index contributed by atoms with van der Waals surface area (Å²) in [6.45, 7) is 0. The lowest BCUT2D eigenvalue weighted by atomic mass is 9.81. The first-order valence-corrected chi connectivity index (χ1v) is 13.2. The quantitative estimate of drug-likeness (QED) is 0.164. The average molecular weight is 499 g/mol. The van der Waals surface area contributed by atoms with Crippen molar-refractivity contribution >= 4 is 57.2 Å². The molecule has 38 heavy (non-hydrogen) atoms. The second kappa shape index (κ2) is 8.09. The Balaban J connectivity index is 1.70. The minimum absolute atomic E-state index is 0.749. The van der Waals surface area contributed by atoms with Gasteiger partial charge >= 0.3 is 0 Å². The maximum absolute atomic E-state index is 6.96. The summed E-state index contributed by atoms with van der Waals surface area (Å²) in [5, 5.41) is 7.92. The van der Waals surface area contributed by atoms with E-state index in [9.17, 15) is 0 Å². The van der Waals surface area contributed by atoms with E-state index in [0.717, 1.165) is 21.4 Å². The second-order valence-electron chi connectivity index (χ2n) is 10.0. The van der Waals surface area contributed by atoms with E-state index in [2.05, 4.69) is 103 Å². The standard InChI is InChI=1S/C36H20BCl/c37-30-18-17-27-33-24(30)14-8-15-26(33)35-32(21-9-2-1-3-10-21)28-19-22-11-4-5-12-23(22)20-29(28)34(36(27)35)25-13-6-7-16-31(25)38/h1-20H. The lowest BCUT2D eigenvalue weighted by Gasteiger charge is -2.21. The second-order valence-corrected chi connectivity index (χ2v) is 10.4. The first kappa shape index (κ1) is 21.7. The summed E-state index contributed by atoms with van der Waals surface area (Å²) in [5.74, 6) is 0. The van der Waals surface area contributed by atoms with E-state index in [1.807, 2.05) is 18.2 Å². The van der Waals surface area contributed by atoms with Gasteiger partial charge in [0.1, 0.15) is 7.85 Å². The molecule has 0 heterocycles. The fourth-order valence-electron chi connectivity index (χ4n) is 6.41. The Morgan fingerprint density at radius 3 is 1.82 bits per heavy atom. The van der Waals surface area contributed by atoms with Crippen LogP contribution in [0.1, 0.15) is 0 Å². The van der Waals surface area contributed by atoms with E-state index in [0.29, 0.717) is 0 Å². The molecule has 0 fully saturated rings. The van der Waals surface area contributed by atoms with E-state index in [1.165, 1.54) is 65.9 Å². The summed E-state index contributed by atoms with van der Waals surface area (Å²) in [6, 6.07) is 43.0. The first-order chi connectivity index (χ1) is 18.7. The van der Waals surface area contributed by atoms with Gasteiger partial charge < -0.3 is 0 Å². The van der Waals surface area contributed by atoms with E-state index in [4.69, 9.17) is 19.4 Å². The van der Waals surface area contributed by atoms with Crippen molar-refractivity contribution in [2.75, 3.05) is 0 Å². The molecule has 0 amide bonds. The highest BCUT2D eigenvalue weighted by Gasteiger charge is 2.31. The molecule has 8 rings (SSSR count). The molecular formula is C36H20BCl. The number of rotatable bonds is 2. The molecule has 1 aliphatic carbocycles. The van der Waals surface area contributed by atoms with Crippen LogP contribution >= 0.6 is 11.6 Å². The van der Waals surface area contributed by atoms with Gasteiger partial charge in [-0.05, 0) is 89.5 Å². The summed E-state index contributed by atoms with van der Waals surface area (Å²) >= 11 is 6.96. The average Bonchev–Trinajstić information content (AvgIpc) is 3.28. The van der Waals surface area contributed by atoms with Crippen LogP contribution in [-0.2, 0) is 0 Å². The molecular weight excluding hydrogens is 479 g/mol. The third kappa shape index (κ3) is 2.94. The van der Waals surface area contributed by atoms with Gasteiger partial charge in [-0.25, -0.2) is 0 Å². The van der Waals surface area contributed by atoms with E-state index in [1.54, 1.807) is 0 Å². The minimum atomic E-state index is 0.749. The van der Waals surface area contributed by atoms with Crippen LogP contribution < -0.4 is 5.46 Å². The van der Waals surface area contributed by atoms with Crippen LogP contribution in [0.5, 0.6) is 0 Å². The maximum atomic E-state index is 6.96. The molecule has 7 aromatic carbocycles. The molecule has 0 unspecified atom stereocenters. The zero-order chi connectivity index (χ0) is 25.4. The van der Waals surface area contributed by atoms with Gasteiger partial charge in [-0.1, -0.05) is 120 Å².